The van der Waals surface area contributed by atoms with Crippen LogP contribution in [0, 0.1) is 5.92 Å². The van der Waals surface area contributed by atoms with Gasteiger partial charge in [-0.25, -0.2) is 0 Å². The quantitative estimate of drug-likeness (QED) is 0.824. The molecule has 0 saturated carbocycles. The van der Waals surface area contributed by atoms with Crippen LogP contribution in [0.5, 0.6) is 5.75 Å². The normalized spacial score (nSPS) is 13.1. The molecule has 0 bridgehead atoms. The molecule has 2 N–H and O–H groups in total. The number of pyridine rings is 1. The van der Waals surface area contributed by atoms with Crippen molar-refractivity contribution in [2.75, 3.05) is 11.5 Å². The van der Waals surface area contributed by atoms with Gasteiger partial charge in [0.1, 0.15) is 5.75 Å². The van der Waals surface area contributed by atoms with Crippen molar-refractivity contribution in [3.63, 3.8) is 0 Å². The van der Waals surface area contributed by atoms with Gasteiger partial charge in [0.15, 0.2) is 0 Å². The first-order valence-electron chi connectivity index (χ1n) is 6.44. The third kappa shape index (κ3) is 5.74. The van der Waals surface area contributed by atoms with Crippen molar-refractivity contribution in [1.29, 1.82) is 0 Å². The van der Waals surface area contributed by atoms with E-state index in [0.29, 0.717) is 5.92 Å². The first-order chi connectivity index (χ1) is 8.49. The summed E-state index contributed by atoms with van der Waals surface area (Å²) in [6, 6.07) is 2.02. The molecule has 0 spiro atoms. The Morgan fingerprint density at radius 3 is 2.56 bits per heavy atom. The van der Waals surface area contributed by atoms with Gasteiger partial charge in [0.05, 0.1) is 12.3 Å². The summed E-state index contributed by atoms with van der Waals surface area (Å²) in [7, 11) is 0. The first kappa shape index (κ1) is 15.3. The van der Waals surface area contributed by atoms with Gasteiger partial charge in [0, 0.05) is 18.0 Å². The summed E-state index contributed by atoms with van der Waals surface area (Å²) < 4.78 is 5.62. The molecule has 0 aliphatic heterocycles. The van der Waals surface area contributed by atoms with Gasteiger partial charge in [-0.2, -0.15) is 11.8 Å². The maximum absolute atomic E-state index is 6.16. The highest BCUT2D eigenvalue weighted by Crippen LogP contribution is 2.21. The van der Waals surface area contributed by atoms with Crippen molar-refractivity contribution in [3.8, 4) is 5.75 Å². The van der Waals surface area contributed by atoms with E-state index in [1.165, 1.54) is 0 Å². The Morgan fingerprint density at radius 1 is 1.22 bits per heavy atom. The van der Waals surface area contributed by atoms with E-state index in [1.807, 2.05) is 37.9 Å². The molecule has 1 aromatic heterocycles. The lowest BCUT2D eigenvalue weighted by Crippen LogP contribution is -2.15. The van der Waals surface area contributed by atoms with Gasteiger partial charge in [-0.15, -0.1) is 0 Å². The average Bonchev–Trinajstić information content (AvgIpc) is 2.27. The predicted molar refractivity (Wildman–Crippen MR) is 79.1 cm³/mol. The fourth-order valence-corrected chi connectivity index (χ4v) is 2.56. The molecule has 18 heavy (non-hydrogen) atoms. The van der Waals surface area contributed by atoms with Crippen LogP contribution in [0.15, 0.2) is 18.5 Å². The number of ether oxygens (including phenoxy) is 1. The standard InChI is InChI=1S/C14H24N2OS/c1-10(2)8-18-9-14(15)12-5-13(7-16-6-12)17-11(3)4/h5-7,10-11,14H,8-9,15H2,1-4H3. The minimum Gasteiger partial charge on any atom is -0.489 e. The SMILES string of the molecule is CC(C)CSCC(N)c1cncc(OC(C)C)c1. The molecule has 1 aromatic rings. The molecule has 0 fully saturated rings. The summed E-state index contributed by atoms with van der Waals surface area (Å²) in [5.74, 6) is 3.57. The van der Waals surface area contributed by atoms with Crippen LogP contribution in [0.3, 0.4) is 0 Å². The highest BCUT2D eigenvalue weighted by atomic mass is 32.2. The highest BCUT2D eigenvalue weighted by Gasteiger charge is 2.09. The Balaban J connectivity index is 2.54. The third-order valence-electron chi connectivity index (χ3n) is 2.28. The topological polar surface area (TPSA) is 48.1 Å². The van der Waals surface area contributed by atoms with Crippen LogP contribution in [0.4, 0.5) is 0 Å². The molecule has 0 aliphatic rings. The molecule has 1 heterocycles. The van der Waals surface area contributed by atoms with Gasteiger partial charge >= 0.3 is 0 Å². The number of hydrogen-bond donors (Lipinski definition) is 1. The molecule has 0 saturated heterocycles. The fourth-order valence-electron chi connectivity index (χ4n) is 1.50. The largest absolute Gasteiger partial charge is 0.489 e. The molecule has 0 amide bonds. The molecule has 102 valence electrons. The summed E-state index contributed by atoms with van der Waals surface area (Å²) >= 11 is 1.89. The fraction of sp³-hybridized carbons (Fsp3) is 0.643. The molecule has 1 atom stereocenters. The van der Waals surface area contributed by atoms with Crippen LogP contribution < -0.4 is 10.5 Å². The van der Waals surface area contributed by atoms with E-state index in [1.54, 1.807) is 6.20 Å². The van der Waals surface area contributed by atoms with E-state index < -0.39 is 0 Å². The number of rotatable bonds is 7. The Kier molecular flexibility index (Phi) is 6.50. The average molecular weight is 268 g/mol. The summed E-state index contributed by atoms with van der Waals surface area (Å²) in [5.41, 5.74) is 7.21. The summed E-state index contributed by atoms with van der Waals surface area (Å²) in [6.07, 6.45) is 3.72. The monoisotopic (exact) mass is 268 g/mol. The van der Waals surface area contributed by atoms with Crippen LogP contribution in [-0.2, 0) is 0 Å². The van der Waals surface area contributed by atoms with Gasteiger partial charge in [0.2, 0.25) is 0 Å². The van der Waals surface area contributed by atoms with Crippen LogP contribution in [-0.4, -0.2) is 22.6 Å². The Labute approximate surface area is 115 Å². The van der Waals surface area contributed by atoms with Gasteiger partial charge < -0.3 is 10.5 Å². The molecular weight excluding hydrogens is 244 g/mol. The molecule has 0 aromatic carbocycles. The first-order valence-corrected chi connectivity index (χ1v) is 7.59. The number of nitrogens with zero attached hydrogens (tertiary/aromatic N) is 1. The van der Waals surface area contributed by atoms with Crippen molar-refractivity contribution >= 4 is 11.8 Å². The zero-order valence-electron chi connectivity index (χ0n) is 11.7. The van der Waals surface area contributed by atoms with E-state index in [-0.39, 0.29) is 12.1 Å². The predicted octanol–water partition coefficient (Wildman–Crippen LogP) is 3.26. The van der Waals surface area contributed by atoms with Crippen molar-refractivity contribution in [2.24, 2.45) is 11.7 Å². The lowest BCUT2D eigenvalue weighted by atomic mass is 10.1. The van der Waals surface area contributed by atoms with E-state index in [4.69, 9.17) is 10.5 Å². The van der Waals surface area contributed by atoms with Crippen molar-refractivity contribution in [3.05, 3.63) is 24.0 Å². The number of thioether (sulfide) groups is 1. The van der Waals surface area contributed by atoms with E-state index in [2.05, 4.69) is 18.8 Å². The van der Waals surface area contributed by atoms with Gasteiger partial charge in [0.25, 0.3) is 0 Å². The minimum absolute atomic E-state index is 0.0250. The van der Waals surface area contributed by atoms with E-state index >= 15 is 0 Å². The molecule has 3 nitrogen and oxygen atoms in total. The van der Waals surface area contributed by atoms with Gasteiger partial charge in [-0.1, -0.05) is 13.8 Å². The van der Waals surface area contributed by atoms with E-state index in [9.17, 15) is 0 Å². The second-order valence-electron chi connectivity index (χ2n) is 5.16. The minimum atomic E-state index is 0.0250. The Morgan fingerprint density at radius 2 is 1.94 bits per heavy atom. The van der Waals surface area contributed by atoms with Crippen molar-refractivity contribution in [2.45, 2.75) is 39.8 Å². The van der Waals surface area contributed by atoms with Crippen molar-refractivity contribution in [1.82, 2.24) is 4.98 Å². The number of nitrogens with two attached hydrogens (primary N) is 1. The third-order valence-corrected chi connectivity index (χ3v) is 3.78. The zero-order chi connectivity index (χ0) is 13.5. The second-order valence-corrected chi connectivity index (χ2v) is 6.23. The molecule has 0 aliphatic carbocycles. The van der Waals surface area contributed by atoms with Crippen LogP contribution in [0.2, 0.25) is 0 Å². The lowest BCUT2D eigenvalue weighted by molar-refractivity contribution is 0.241. The van der Waals surface area contributed by atoms with E-state index in [0.717, 1.165) is 22.8 Å². The maximum atomic E-state index is 6.16. The lowest BCUT2D eigenvalue weighted by Gasteiger charge is -2.15. The number of hydrogen-bond acceptors (Lipinski definition) is 4. The molecule has 1 rings (SSSR count). The van der Waals surface area contributed by atoms with Crippen LogP contribution >= 0.6 is 11.8 Å². The Bertz CT molecular complexity index is 355. The summed E-state index contributed by atoms with van der Waals surface area (Å²) in [4.78, 5) is 4.19. The summed E-state index contributed by atoms with van der Waals surface area (Å²) in [6.45, 7) is 8.45. The van der Waals surface area contributed by atoms with Crippen LogP contribution in [0.1, 0.15) is 39.3 Å². The van der Waals surface area contributed by atoms with Gasteiger partial charge in [-0.3, -0.25) is 4.98 Å². The van der Waals surface area contributed by atoms with Crippen LogP contribution in [0.25, 0.3) is 0 Å². The molecular formula is C14H24N2OS. The molecule has 1 unspecified atom stereocenters. The zero-order valence-corrected chi connectivity index (χ0v) is 12.5. The van der Waals surface area contributed by atoms with Gasteiger partial charge in [-0.05, 0) is 37.1 Å². The summed E-state index contributed by atoms with van der Waals surface area (Å²) in [5, 5.41) is 0. The molecule has 4 heteroatoms. The number of aromatic nitrogens is 1. The van der Waals surface area contributed by atoms with Crippen molar-refractivity contribution < 1.29 is 4.74 Å². The Hall–Kier alpha value is -0.740. The highest BCUT2D eigenvalue weighted by molar-refractivity contribution is 7.99. The second kappa shape index (κ2) is 7.64. The smallest absolute Gasteiger partial charge is 0.138 e. The maximum Gasteiger partial charge on any atom is 0.138 e. The molecule has 0 radical (unpaired) electrons.